The number of ether oxygens (including phenoxy) is 1. The number of hydroxylamine groups is 1. The third-order valence-corrected chi connectivity index (χ3v) is 1.45. The summed E-state index contributed by atoms with van der Waals surface area (Å²) >= 11 is 0. The molecule has 0 radical (unpaired) electrons. The van der Waals surface area contributed by atoms with E-state index in [1.54, 1.807) is 20.8 Å². The van der Waals surface area contributed by atoms with Crippen molar-refractivity contribution < 1.29 is 19.5 Å². The van der Waals surface area contributed by atoms with Gasteiger partial charge in [-0.2, -0.15) is 5.48 Å². The van der Waals surface area contributed by atoms with Crippen molar-refractivity contribution in [1.29, 1.82) is 0 Å². The first-order valence-corrected chi connectivity index (χ1v) is 4.88. The second-order valence-electron chi connectivity index (χ2n) is 5.21. The smallest absolute Gasteiger partial charge is 0.431 e. The highest BCUT2D eigenvalue weighted by Gasteiger charge is 2.19. The van der Waals surface area contributed by atoms with Gasteiger partial charge in [-0.15, -0.1) is 0 Å². The van der Waals surface area contributed by atoms with Gasteiger partial charge < -0.3 is 9.84 Å². The van der Waals surface area contributed by atoms with Crippen molar-refractivity contribution in [3.8, 4) is 0 Å². The predicted molar refractivity (Wildman–Crippen MR) is 56.2 cm³/mol. The Balaban J connectivity index is 3.74. The maximum Gasteiger partial charge on any atom is 0.431 e. The van der Waals surface area contributed by atoms with Crippen LogP contribution in [0.1, 0.15) is 34.6 Å². The molecule has 0 saturated heterocycles. The minimum atomic E-state index is -0.628. The highest BCUT2D eigenvalue weighted by Crippen LogP contribution is 2.13. The largest absolute Gasteiger partial charge is 0.442 e. The van der Waals surface area contributed by atoms with Crippen LogP contribution in [0.5, 0.6) is 0 Å². The van der Waals surface area contributed by atoms with Crippen LogP contribution < -0.4 is 5.48 Å². The van der Waals surface area contributed by atoms with Crippen LogP contribution in [0.3, 0.4) is 0 Å². The zero-order chi connectivity index (χ0) is 12.1. The molecule has 0 bridgehead atoms. The van der Waals surface area contributed by atoms with Crippen molar-refractivity contribution in [3.05, 3.63) is 0 Å². The second-order valence-corrected chi connectivity index (χ2v) is 5.21. The minimum Gasteiger partial charge on any atom is -0.442 e. The molecule has 5 heteroatoms. The van der Waals surface area contributed by atoms with E-state index in [1.165, 1.54) is 0 Å². The van der Waals surface area contributed by atoms with Crippen LogP contribution in [0.15, 0.2) is 0 Å². The summed E-state index contributed by atoms with van der Waals surface area (Å²) < 4.78 is 4.95. The second kappa shape index (κ2) is 5.32. The van der Waals surface area contributed by atoms with Gasteiger partial charge in [0.25, 0.3) is 0 Å². The van der Waals surface area contributed by atoms with Gasteiger partial charge in [0.15, 0.2) is 0 Å². The molecule has 90 valence electrons. The minimum absolute atomic E-state index is 0.0109. The molecule has 0 aliphatic rings. The maximum atomic E-state index is 11.1. The highest BCUT2D eigenvalue weighted by atomic mass is 16.7. The summed E-state index contributed by atoms with van der Waals surface area (Å²) in [4.78, 5) is 16.0. The summed E-state index contributed by atoms with van der Waals surface area (Å²) in [5.41, 5.74) is 1.24. The van der Waals surface area contributed by atoms with Gasteiger partial charge >= 0.3 is 6.09 Å². The molecule has 5 nitrogen and oxygen atoms in total. The number of hydrogen-bond donors (Lipinski definition) is 2. The first-order chi connectivity index (χ1) is 6.66. The molecule has 0 aromatic rings. The summed E-state index contributed by atoms with van der Waals surface area (Å²) in [6, 6.07) is 0. The zero-order valence-electron chi connectivity index (χ0n) is 10.1. The summed E-state index contributed by atoms with van der Waals surface area (Å²) in [5.74, 6) is 0. The number of rotatable bonds is 4. The standard InChI is InChI=1S/C10H21NO4/c1-9(2,3)15-8(13)11-14-7-10(4,5)6-12/h12H,6-7H2,1-5H3,(H,11,13). The Morgan fingerprint density at radius 1 is 1.27 bits per heavy atom. The molecule has 0 saturated carbocycles. The van der Waals surface area contributed by atoms with E-state index in [-0.39, 0.29) is 18.6 Å². The van der Waals surface area contributed by atoms with Crippen LogP contribution in [-0.4, -0.2) is 30.0 Å². The third kappa shape index (κ3) is 8.20. The number of hydrogen-bond acceptors (Lipinski definition) is 4. The molecule has 0 unspecified atom stereocenters. The third-order valence-electron chi connectivity index (χ3n) is 1.45. The van der Waals surface area contributed by atoms with E-state index in [0.717, 1.165) is 0 Å². The van der Waals surface area contributed by atoms with Crippen molar-refractivity contribution >= 4 is 6.09 Å². The number of carbonyl (C=O) groups excluding carboxylic acids is 1. The van der Waals surface area contributed by atoms with Gasteiger partial charge in [-0.3, -0.25) is 4.84 Å². The summed E-state index contributed by atoms with van der Waals surface area (Å²) in [5, 5.41) is 8.92. The Bertz CT molecular complexity index is 208. The lowest BCUT2D eigenvalue weighted by atomic mass is 9.97. The average Bonchev–Trinajstić information content (AvgIpc) is 2.00. The van der Waals surface area contributed by atoms with Gasteiger partial charge in [-0.1, -0.05) is 13.8 Å². The normalized spacial score (nSPS) is 12.4. The quantitative estimate of drug-likeness (QED) is 0.702. The number of carbonyl (C=O) groups is 1. The number of amides is 1. The van der Waals surface area contributed by atoms with Gasteiger partial charge in [0.05, 0.1) is 13.2 Å². The molecule has 1 amide bonds. The molecule has 0 fully saturated rings. The molecule has 2 N–H and O–H groups in total. The van der Waals surface area contributed by atoms with E-state index in [9.17, 15) is 4.79 Å². The number of aliphatic hydroxyl groups is 1. The molecule has 0 aromatic carbocycles. The van der Waals surface area contributed by atoms with Crippen LogP contribution in [0, 0.1) is 5.41 Å². The number of nitrogens with one attached hydrogen (secondary N) is 1. The molecular formula is C10H21NO4. The molecule has 0 spiro atoms. The topological polar surface area (TPSA) is 67.8 Å². The summed E-state index contributed by atoms with van der Waals surface area (Å²) in [7, 11) is 0. The Hall–Kier alpha value is -0.810. The molecule has 15 heavy (non-hydrogen) atoms. The lowest BCUT2D eigenvalue weighted by Gasteiger charge is -2.22. The fraction of sp³-hybridized carbons (Fsp3) is 0.900. The van der Waals surface area contributed by atoms with Crippen molar-refractivity contribution in [2.24, 2.45) is 5.41 Å². The molecule has 0 rings (SSSR count). The summed E-state index contributed by atoms with van der Waals surface area (Å²) in [6.07, 6.45) is -0.628. The Labute approximate surface area is 90.7 Å². The van der Waals surface area contributed by atoms with Crippen LogP contribution >= 0.6 is 0 Å². The fourth-order valence-electron chi connectivity index (χ4n) is 0.635. The molecule has 0 aliphatic carbocycles. The maximum absolute atomic E-state index is 11.1. The van der Waals surface area contributed by atoms with Gasteiger partial charge in [-0.05, 0) is 20.8 Å². The van der Waals surface area contributed by atoms with Crippen molar-refractivity contribution in [2.75, 3.05) is 13.2 Å². The van der Waals surface area contributed by atoms with Crippen molar-refractivity contribution in [1.82, 2.24) is 5.48 Å². The van der Waals surface area contributed by atoms with E-state index in [1.807, 2.05) is 13.8 Å². The highest BCUT2D eigenvalue weighted by molar-refractivity contribution is 5.66. The fourth-order valence-corrected chi connectivity index (χ4v) is 0.635. The first-order valence-electron chi connectivity index (χ1n) is 4.88. The van der Waals surface area contributed by atoms with E-state index < -0.39 is 11.7 Å². The van der Waals surface area contributed by atoms with Gasteiger partial charge in [-0.25, -0.2) is 4.79 Å². The van der Waals surface area contributed by atoms with E-state index in [2.05, 4.69) is 5.48 Å². The van der Waals surface area contributed by atoms with Crippen LogP contribution in [0.25, 0.3) is 0 Å². The van der Waals surface area contributed by atoms with Crippen molar-refractivity contribution in [3.63, 3.8) is 0 Å². The monoisotopic (exact) mass is 219 g/mol. The Morgan fingerprint density at radius 3 is 2.20 bits per heavy atom. The van der Waals surface area contributed by atoms with Gasteiger partial charge in [0.2, 0.25) is 0 Å². The average molecular weight is 219 g/mol. The van der Waals surface area contributed by atoms with Gasteiger partial charge in [0, 0.05) is 5.41 Å². The molecule has 0 aromatic heterocycles. The van der Waals surface area contributed by atoms with E-state index in [4.69, 9.17) is 14.7 Å². The van der Waals surface area contributed by atoms with E-state index >= 15 is 0 Å². The number of aliphatic hydroxyl groups excluding tert-OH is 1. The Kier molecular flexibility index (Phi) is 5.03. The van der Waals surface area contributed by atoms with Crippen LogP contribution in [0.4, 0.5) is 4.79 Å². The molecule has 0 heterocycles. The SMILES string of the molecule is CC(C)(CO)CONC(=O)OC(C)(C)C. The van der Waals surface area contributed by atoms with Crippen LogP contribution in [0.2, 0.25) is 0 Å². The van der Waals surface area contributed by atoms with Crippen LogP contribution in [-0.2, 0) is 9.57 Å². The Morgan fingerprint density at radius 2 is 1.80 bits per heavy atom. The van der Waals surface area contributed by atoms with E-state index in [0.29, 0.717) is 0 Å². The van der Waals surface area contributed by atoms with Crippen molar-refractivity contribution in [2.45, 2.75) is 40.2 Å². The lowest BCUT2D eigenvalue weighted by molar-refractivity contribution is -0.0415. The molecule has 0 atom stereocenters. The lowest BCUT2D eigenvalue weighted by Crippen LogP contribution is -2.35. The summed E-state index contributed by atoms with van der Waals surface area (Å²) in [6.45, 7) is 9.16. The molecular weight excluding hydrogens is 198 g/mol. The first kappa shape index (κ1) is 14.2. The molecule has 0 aliphatic heterocycles. The van der Waals surface area contributed by atoms with Gasteiger partial charge in [0.1, 0.15) is 5.60 Å². The predicted octanol–water partition coefficient (Wildman–Crippen LogP) is 1.46. The zero-order valence-corrected chi connectivity index (χ0v) is 10.1.